The Bertz CT molecular complexity index is 213. The molecule has 2 unspecified atom stereocenters. The smallest absolute Gasteiger partial charge is 0.000957 e. The Hall–Kier alpha value is -0.0800. The Labute approximate surface area is 108 Å². The van der Waals surface area contributed by atoms with Gasteiger partial charge >= 0.3 is 0 Å². The Morgan fingerprint density at radius 2 is 1.88 bits per heavy atom. The van der Waals surface area contributed by atoms with Gasteiger partial charge in [-0.05, 0) is 56.1 Å². The number of rotatable bonds is 6. The van der Waals surface area contributed by atoms with Crippen LogP contribution >= 0.6 is 0 Å². The number of piperidine rings is 1. The normalized spacial score (nSPS) is 27.4. The molecule has 2 atom stereocenters. The third-order valence-corrected chi connectivity index (χ3v) is 4.55. The predicted octanol–water partition coefficient (Wildman–Crippen LogP) is 3.12. The van der Waals surface area contributed by atoms with Gasteiger partial charge in [0.15, 0.2) is 0 Å². The molecule has 1 heterocycles. The van der Waals surface area contributed by atoms with Gasteiger partial charge in [-0.2, -0.15) is 0 Å². The Morgan fingerprint density at radius 1 is 1.18 bits per heavy atom. The minimum Gasteiger partial charge on any atom is -0.330 e. The van der Waals surface area contributed by atoms with Crippen molar-refractivity contribution in [2.75, 3.05) is 26.2 Å². The molecule has 1 aliphatic heterocycles. The lowest BCUT2D eigenvalue weighted by atomic mass is 9.87. The van der Waals surface area contributed by atoms with Crippen molar-refractivity contribution in [1.82, 2.24) is 4.90 Å². The van der Waals surface area contributed by atoms with Gasteiger partial charge < -0.3 is 10.6 Å². The fraction of sp³-hybridized carbons (Fsp3) is 1.00. The first-order valence-electron chi connectivity index (χ1n) is 7.37. The van der Waals surface area contributed by atoms with Crippen LogP contribution < -0.4 is 5.73 Å². The third kappa shape index (κ3) is 5.39. The number of hydrogen-bond donors (Lipinski definition) is 1. The average molecular weight is 240 g/mol. The van der Waals surface area contributed by atoms with Gasteiger partial charge in [-0.3, -0.25) is 0 Å². The molecule has 1 saturated heterocycles. The van der Waals surface area contributed by atoms with Crippen molar-refractivity contribution in [2.24, 2.45) is 23.0 Å². The minimum atomic E-state index is 0.337. The van der Waals surface area contributed by atoms with E-state index in [2.05, 4.69) is 32.6 Å². The quantitative estimate of drug-likeness (QED) is 0.723. The monoisotopic (exact) mass is 240 g/mol. The summed E-state index contributed by atoms with van der Waals surface area (Å²) in [7, 11) is 0. The first kappa shape index (κ1) is 15.0. The van der Waals surface area contributed by atoms with Crippen molar-refractivity contribution in [3.8, 4) is 0 Å². The van der Waals surface area contributed by atoms with Crippen LogP contribution in [0.15, 0.2) is 0 Å². The summed E-state index contributed by atoms with van der Waals surface area (Å²) in [4.78, 5) is 2.65. The second-order valence-corrected chi connectivity index (χ2v) is 6.87. The topological polar surface area (TPSA) is 29.3 Å². The molecule has 2 N–H and O–H groups in total. The number of hydrogen-bond acceptors (Lipinski definition) is 2. The molecule has 2 heteroatoms. The van der Waals surface area contributed by atoms with Crippen molar-refractivity contribution in [1.29, 1.82) is 0 Å². The van der Waals surface area contributed by atoms with E-state index in [1.54, 1.807) is 0 Å². The van der Waals surface area contributed by atoms with Crippen LogP contribution in [0.1, 0.15) is 53.4 Å². The lowest BCUT2D eigenvalue weighted by Crippen LogP contribution is -2.38. The van der Waals surface area contributed by atoms with Crippen molar-refractivity contribution >= 4 is 0 Å². The third-order valence-electron chi connectivity index (χ3n) is 4.55. The number of nitrogens with two attached hydrogens (primary N) is 1. The molecule has 0 saturated carbocycles. The first-order chi connectivity index (χ1) is 7.94. The molecule has 0 bridgehead atoms. The fourth-order valence-corrected chi connectivity index (χ4v) is 2.59. The summed E-state index contributed by atoms with van der Waals surface area (Å²) < 4.78 is 0. The van der Waals surface area contributed by atoms with E-state index < -0.39 is 0 Å². The zero-order chi connectivity index (χ0) is 12.9. The van der Waals surface area contributed by atoms with Crippen LogP contribution in [-0.4, -0.2) is 31.1 Å². The van der Waals surface area contributed by atoms with Gasteiger partial charge in [0.2, 0.25) is 0 Å². The lowest BCUT2D eigenvalue weighted by molar-refractivity contribution is 0.135. The Morgan fingerprint density at radius 3 is 2.47 bits per heavy atom. The van der Waals surface area contributed by atoms with Gasteiger partial charge in [-0.25, -0.2) is 0 Å². The molecule has 1 fully saturated rings. The maximum absolute atomic E-state index is 5.75. The molecule has 0 amide bonds. The van der Waals surface area contributed by atoms with Crippen molar-refractivity contribution in [3.63, 3.8) is 0 Å². The molecular weight excluding hydrogens is 208 g/mol. The van der Waals surface area contributed by atoms with Crippen LogP contribution in [0.2, 0.25) is 0 Å². The van der Waals surface area contributed by atoms with E-state index in [0.717, 1.165) is 18.4 Å². The molecule has 102 valence electrons. The van der Waals surface area contributed by atoms with Crippen LogP contribution in [0.5, 0.6) is 0 Å². The summed E-state index contributed by atoms with van der Waals surface area (Å²) in [5.41, 5.74) is 6.09. The summed E-state index contributed by atoms with van der Waals surface area (Å²) in [6, 6.07) is 0. The molecule has 17 heavy (non-hydrogen) atoms. The molecule has 1 rings (SSSR count). The zero-order valence-electron chi connectivity index (χ0n) is 12.3. The summed E-state index contributed by atoms with van der Waals surface area (Å²) in [6.45, 7) is 14.1. The highest BCUT2D eigenvalue weighted by molar-refractivity contribution is 4.75. The van der Waals surface area contributed by atoms with Crippen molar-refractivity contribution < 1.29 is 0 Å². The van der Waals surface area contributed by atoms with Crippen LogP contribution in [0, 0.1) is 17.3 Å². The largest absolute Gasteiger partial charge is 0.330 e. The van der Waals surface area contributed by atoms with E-state index in [0.29, 0.717) is 5.41 Å². The van der Waals surface area contributed by atoms with Crippen molar-refractivity contribution in [3.05, 3.63) is 0 Å². The highest BCUT2D eigenvalue weighted by Gasteiger charge is 2.22. The molecule has 0 spiro atoms. The number of unbranched alkanes of at least 4 members (excludes halogenated alkanes) is 1. The number of nitrogens with zero attached hydrogens (tertiary/aromatic N) is 1. The van der Waals surface area contributed by atoms with Crippen LogP contribution in [-0.2, 0) is 0 Å². The van der Waals surface area contributed by atoms with E-state index in [1.165, 1.54) is 45.3 Å². The predicted molar refractivity (Wildman–Crippen MR) is 76.1 cm³/mol. The Balaban J connectivity index is 2.11. The van der Waals surface area contributed by atoms with E-state index in [9.17, 15) is 0 Å². The summed E-state index contributed by atoms with van der Waals surface area (Å²) >= 11 is 0. The first-order valence-corrected chi connectivity index (χ1v) is 7.37. The van der Waals surface area contributed by atoms with E-state index in [-0.39, 0.29) is 0 Å². The van der Waals surface area contributed by atoms with Gasteiger partial charge in [0.25, 0.3) is 0 Å². The van der Waals surface area contributed by atoms with Gasteiger partial charge in [0.1, 0.15) is 0 Å². The standard InChI is InChI=1S/C15H32N2/c1-13-7-10-17(11-14(13)2)9-6-5-8-15(3,4)12-16/h13-14H,5-12,16H2,1-4H3. The van der Waals surface area contributed by atoms with Crippen LogP contribution in [0.25, 0.3) is 0 Å². The van der Waals surface area contributed by atoms with Gasteiger partial charge in [-0.15, -0.1) is 0 Å². The Kier molecular flexibility index (Phi) is 5.94. The van der Waals surface area contributed by atoms with Gasteiger partial charge in [-0.1, -0.05) is 34.1 Å². The fourth-order valence-electron chi connectivity index (χ4n) is 2.59. The van der Waals surface area contributed by atoms with Crippen LogP contribution in [0.3, 0.4) is 0 Å². The van der Waals surface area contributed by atoms with E-state index in [4.69, 9.17) is 5.73 Å². The molecule has 0 radical (unpaired) electrons. The number of likely N-dealkylation sites (tertiary alicyclic amines) is 1. The highest BCUT2D eigenvalue weighted by atomic mass is 15.1. The molecule has 2 nitrogen and oxygen atoms in total. The van der Waals surface area contributed by atoms with E-state index >= 15 is 0 Å². The maximum atomic E-state index is 5.75. The second kappa shape index (κ2) is 6.75. The van der Waals surface area contributed by atoms with Gasteiger partial charge in [0.05, 0.1) is 0 Å². The summed E-state index contributed by atoms with van der Waals surface area (Å²) in [5.74, 6) is 1.80. The van der Waals surface area contributed by atoms with Crippen molar-refractivity contribution in [2.45, 2.75) is 53.4 Å². The van der Waals surface area contributed by atoms with E-state index in [1.807, 2.05) is 0 Å². The lowest BCUT2D eigenvalue weighted by Gasteiger charge is -2.35. The van der Waals surface area contributed by atoms with Crippen LogP contribution in [0.4, 0.5) is 0 Å². The molecule has 1 aliphatic rings. The molecule has 0 aliphatic carbocycles. The zero-order valence-corrected chi connectivity index (χ0v) is 12.3. The summed E-state index contributed by atoms with van der Waals surface area (Å²) in [5, 5.41) is 0. The SMILES string of the molecule is CC1CCN(CCCCC(C)(C)CN)CC1C. The summed E-state index contributed by atoms with van der Waals surface area (Å²) in [6.07, 6.45) is 5.31. The molecule has 0 aromatic carbocycles. The minimum absolute atomic E-state index is 0.337. The molecule has 0 aromatic rings. The molecule has 0 aromatic heterocycles. The average Bonchev–Trinajstić information content (AvgIpc) is 2.29. The highest BCUT2D eigenvalue weighted by Crippen LogP contribution is 2.24. The maximum Gasteiger partial charge on any atom is 0.000957 e. The van der Waals surface area contributed by atoms with Gasteiger partial charge in [0, 0.05) is 6.54 Å². The second-order valence-electron chi connectivity index (χ2n) is 6.87. The molecular formula is C15H32N2.